The molecule has 102 valence electrons. The number of hydrogen-bond donors (Lipinski definition) is 0. The molecule has 1 amide bonds. The molecule has 0 unspecified atom stereocenters. The summed E-state index contributed by atoms with van der Waals surface area (Å²) in [5, 5.41) is 0. The van der Waals surface area contributed by atoms with Crippen molar-refractivity contribution >= 4 is 11.9 Å². The number of rotatable bonds is 5. The zero-order chi connectivity index (χ0) is 13.8. The first-order valence-corrected chi connectivity index (χ1v) is 6.51. The minimum atomic E-state index is -0.358. The number of nitrogens with zero attached hydrogens (tertiary/aromatic N) is 2. The average molecular weight is 262 g/mol. The van der Waals surface area contributed by atoms with Crippen LogP contribution in [0.3, 0.4) is 0 Å². The van der Waals surface area contributed by atoms with E-state index in [9.17, 15) is 9.59 Å². The maximum Gasteiger partial charge on any atom is 0.325 e. The number of aryl methyl sites for hydroxylation is 1. The molecule has 1 fully saturated rings. The van der Waals surface area contributed by atoms with Crippen LogP contribution in [0.5, 0.6) is 0 Å². The van der Waals surface area contributed by atoms with E-state index in [1.807, 2.05) is 6.92 Å². The number of ether oxygens (including phenoxy) is 1. The van der Waals surface area contributed by atoms with Gasteiger partial charge in [0.1, 0.15) is 6.54 Å². The van der Waals surface area contributed by atoms with Crippen molar-refractivity contribution in [3.8, 4) is 0 Å². The Bertz CT molecular complexity index is 466. The van der Waals surface area contributed by atoms with Gasteiger partial charge in [-0.3, -0.25) is 14.6 Å². The summed E-state index contributed by atoms with van der Waals surface area (Å²) in [4.78, 5) is 29.6. The Hall–Kier alpha value is -1.91. The monoisotopic (exact) mass is 262 g/mol. The Balaban J connectivity index is 2.08. The highest BCUT2D eigenvalue weighted by Gasteiger charge is 2.34. The van der Waals surface area contributed by atoms with E-state index in [2.05, 4.69) is 4.98 Å². The quantitative estimate of drug-likeness (QED) is 0.755. The van der Waals surface area contributed by atoms with E-state index in [4.69, 9.17) is 4.74 Å². The van der Waals surface area contributed by atoms with Crippen LogP contribution in [0.15, 0.2) is 18.3 Å². The van der Waals surface area contributed by atoms with Crippen LogP contribution >= 0.6 is 0 Å². The van der Waals surface area contributed by atoms with Crippen molar-refractivity contribution in [2.45, 2.75) is 32.7 Å². The summed E-state index contributed by atoms with van der Waals surface area (Å²) < 4.78 is 4.91. The molecule has 0 saturated heterocycles. The lowest BCUT2D eigenvalue weighted by atomic mass is 10.2. The zero-order valence-electron chi connectivity index (χ0n) is 11.3. The lowest BCUT2D eigenvalue weighted by Gasteiger charge is -2.21. The molecule has 2 rings (SSSR count). The first-order chi connectivity index (χ1) is 9.11. The molecule has 0 bridgehead atoms. The molecule has 0 aliphatic heterocycles. The van der Waals surface area contributed by atoms with E-state index in [1.165, 1.54) is 0 Å². The second-order valence-electron chi connectivity index (χ2n) is 4.66. The van der Waals surface area contributed by atoms with Gasteiger partial charge in [-0.2, -0.15) is 0 Å². The smallest absolute Gasteiger partial charge is 0.325 e. The number of carbonyl (C=O) groups is 2. The first kappa shape index (κ1) is 13.5. The summed E-state index contributed by atoms with van der Waals surface area (Å²) in [5.74, 6) is -0.508. The van der Waals surface area contributed by atoms with E-state index >= 15 is 0 Å². The van der Waals surface area contributed by atoms with Gasteiger partial charge in [-0.25, -0.2) is 0 Å². The van der Waals surface area contributed by atoms with Gasteiger partial charge < -0.3 is 9.64 Å². The van der Waals surface area contributed by atoms with Crippen molar-refractivity contribution in [2.75, 3.05) is 13.2 Å². The fraction of sp³-hybridized carbons (Fsp3) is 0.500. The third kappa shape index (κ3) is 3.53. The SMILES string of the molecule is CCOC(=O)CN(C(=O)c1ccc(C)nc1)C1CC1. The molecule has 0 spiro atoms. The van der Waals surface area contributed by atoms with Gasteiger partial charge >= 0.3 is 5.97 Å². The van der Waals surface area contributed by atoms with E-state index < -0.39 is 0 Å². The van der Waals surface area contributed by atoms with Crippen LogP contribution < -0.4 is 0 Å². The Labute approximate surface area is 112 Å². The molecule has 5 nitrogen and oxygen atoms in total. The van der Waals surface area contributed by atoms with Gasteiger partial charge in [0.05, 0.1) is 12.2 Å². The summed E-state index contributed by atoms with van der Waals surface area (Å²) in [6, 6.07) is 3.70. The second-order valence-corrected chi connectivity index (χ2v) is 4.66. The molecule has 1 aliphatic rings. The number of aromatic nitrogens is 1. The number of esters is 1. The maximum atomic E-state index is 12.4. The van der Waals surface area contributed by atoms with Crippen molar-refractivity contribution in [3.05, 3.63) is 29.6 Å². The molecule has 1 aromatic rings. The fourth-order valence-electron chi connectivity index (χ4n) is 1.86. The van der Waals surface area contributed by atoms with Crippen LogP contribution in [-0.2, 0) is 9.53 Å². The highest BCUT2D eigenvalue weighted by Crippen LogP contribution is 2.28. The largest absolute Gasteiger partial charge is 0.465 e. The highest BCUT2D eigenvalue weighted by atomic mass is 16.5. The Morgan fingerprint density at radius 1 is 1.42 bits per heavy atom. The number of pyridine rings is 1. The summed E-state index contributed by atoms with van der Waals surface area (Å²) in [5.41, 5.74) is 1.38. The Kier molecular flexibility index (Phi) is 4.14. The van der Waals surface area contributed by atoms with E-state index in [-0.39, 0.29) is 24.5 Å². The van der Waals surface area contributed by atoms with Gasteiger partial charge in [0.15, 0.2) is 0 Å². The number of amides is 1. The molecule has 1 aromatic heterocycles. The van der Waals surface area contributed by atoms with Crippen molar-refractivity contribution in [1.29, 1.82) is 0 Å². The predicted octanol–water partition coefficient (Wildman–Crippen LogP) is 1.56. The van der Waals surface area contributed by atoms with Gasteiger partial charge in [-0.05, 0) is 38.8 Å². The van der Waals surface area contributed by atoms with Crippen molar-refractivity contribution in [3.63, 3.8) is 0 Å². The molecule has 1 aliphatic carbocycles. The minimum Gasteiger partial charge on any atom is -0.465 e. The van der Waals surface area contributed by atoms with Gasteiger partial charge in [-0.1, -0.05) is 0 Å². The van der Waals surface area contributed by atoms with E-state index in [0.717, 1.165) is 18.5 Å². The summed E-state index contributed by atoms with van der Waals surface area (Å²) >= 11 is 0. The molecule has 0 aromatic carbocycles. The molecule has 1 saturated carbocycles. The second kappa shape index (κ2) is 5.82. The van der Waals surface area contributed by atoms with Crippen LogP contribution in [0.25, 0.3) is 0 Å². The zero-order valence-corrected chi connectivity index (χ0v) is 11.3. The molecule has 19 heavy (non-hydrogen) atoms. The van der Waals surface area contributed by atoms with Crippen molar-refractivity contribution in [2.24, 2.45) is 0 Å². The number of carbonyl (C=O) groups excluding carboxylic acids is 2. The normalized spacial score (nSPS) is 14.0. The Morgan fingerprint density at radius 3 is 2.68 bits per heavy atom. The lowest BCUT2D eigenvalue weighted by Crippen LogP contribution is -2.38. The van der Waals surface area contributed by atoms with Gasteiger partial charge in [0.2, 0.25) is 0 Å². The van der Waals surface area contributed by atoms with Crippen LogP contribution in [-0.4, -0.2) is 41.0 Å². The molecule has 1 heterocycles. The van der Waals surface area contributed by atoms with Crippen LogP contribution in [0, 0.1) is 6.92 Å². The lowest BCUT2D eigenvalue weighted by molar-refractivity contribution is -0.144. The molecule has 0 radical (unpaired) electrons. The summed E-state index contributed by atoms with van der Waals surface area (Å²) in [7, 11) is 0. The Morgan fingerprint density at radius 2 is 2.16 bits per heavy atom. The first-order valence-electron chi connectivity index (χ1n) is 6.51. The van der Waals surface area contributed by atoms with Crippen LogP contribution in [0.1, 0.15) is 35.8 Å². The molecular weight excluding hydrogens is 244 g/mol. The summed E-state index contributed by atoms with van der Waals surface area (Å²) in [6.45, 7) is 3.97. The van der Waals surface area contributed by atoms with Crippen molar-refractivity contribution in [1.82, 2.24) is 9.88 Å². The molecule has 0 atom stereocenters. The molecular formula is C14H18N2O3. The van der Waals surface area contributed by atoms with Crippen LogP contribution in [0.4, 0.5) is 0 Å². The van der Waals surface area contributed by atoms with Gasteiger partial charge in [0.25, 0.3) is 5.91 Å². The van der Waals surface area contributed by atoms with Gasteiger partial charge in [0, 0.05) is 17.9 Å². The number of hydrogen-bond acceptors (Lipinski definition) is 4. The third-order valence-corrected chi connectivity index (χ3v) is 3.01. The third-order valence-electron chi connectivity index (χ3n) is 3.01. The average Bonchev–Trinajstić information content (AvgIpc) is 3.21. The highest BCUT2D eigenvalue weighted by molar-refractivity contribution is 5.96. The topological polar surface area (TPSA) is 59.5 Å². The van der Waals surface area contributed by atoms with E-state index in [0.29, 0.717) is 12.2 Å². The van der Waals surface area contributed by atoms with Crippen molar-refractivity contribution < 1.29 is 14.3 Å². The standard InChI is InChI=1S/C14H18N2O3/c1-3-19-13(17)9-16(12-6-7-12)14(18)11-5-4-10(2)15-8-11/h4-5,8,12H,3,6-7,9H2,1-2H3. The predicted molar refractivity (Wildman–Crippen MR) is 69.7 cm³/mol. The van der Waals surface area contributed by atoms with Gasteiger partial charge in [-0.15, -0.1) is 0 Å². The minimum absolute atomic E-state index is 0.0191. The fourth-order valence-corrected chi connectivity index (χ4v) is 1.86. The summed E-state index contributed by atoms with van der Waals surface area (Å²) in [6.07, 6.45) is 3.45. The maximum absolute atomic E-state index is 12.4. The van der Waals surface area contributed by atoms with E-state index in [1.54, 1.807) is 30.2 Å². The molecule has 5 heteroatoms. The molecule has 0 N–H and O–H groups in total. The van der Waals surface area contributed by atoms with Crippen LogP contribution in [0.2, 0.25) is 0 Å².